The maximum absolute atomic E-state index is 12.8. The van der Waals surface area contributed by atoms with Gasteiger partial charge >= 0.3 is 0 Å². The Bertz CT molecular complexity index is 564. The first-order valence-corrected chi connectivity index (χ1v) is 7.71. The topological polar surface area (TPSA) is 89.5 Å². The van der Waals surface area contributed by atoms with Crippen LogP contribution in [0.3, 0.4) is 0 Å². The predicted molar refractivity (Wildman–Crippen MR) is 83.1 cm³/mol. The van der Waals surface area contributed by atoms with Gasteiger partial charge in [-0.25, -0.2) is 0 Å². The third kappa shape index (κ3) is 3.24. The maximum Gasteiger partial charge on any atom is 0.270 e. The van der Waals surface area contributed by atoms with Crippen LogP contribution in [0.25, 0.3) is 0 Å². The highest BCUT2D eigenvalue weighted by molar-refractivity contribution is 9.10. The lowest BCUT2D eigenvalue weighted by atomic mass is 9.95. The molecular formula is C14H18BrN3O3. The Morgan fingerprint density at radius 3 is 2.86 bits per heavy atom. The smallest absolute Gasteiger partial charge is 0.270 e. The Morgan fingerprint density at radius 2 is 2.24 bits per heavy atom. The second-order valence-corrected chi connectivity index (χ2v) is 6.16. The molecule has 21 heavy (non-hydrogen) atoms. The molecule has 0 aromatic heterocycles. The molecule has 0 spiro atoms. The minimum atomic E-state index is -0.497. The molecule has 2 N–H and O–H groups in total. The number of nitro groups is 1. The largest absolute Gasteiger partial charge is 0.332 e. The minimum absolute atomic E-state index is 0.00703. The molecule has 0 saturated carbocycles. The third-order valence-electron chi connectivity index (χ3n) is 3.93. The first-order valence-electron chi connectivity index (χ1n) is 6.92. The molecule has 114 valence electrons. The number of carbonyl (C=O) groups is 1. The highest BCUT2D eigenvalue weighted by atomic mass is 79.9. The van der Waals surface area contributed by atoms with E-state index in [1.54, 1.807) is 4.90 Å². The molecule has 2 atom stereocenters. The number of piperidine rings is 1. The molecule has 6 nitrogen and oxygen atoms in total. The lowest BCUT2D eigenvalue weighted by Gasteiger charge is -2.40. The molecule has 1 aliphatic heterocycles. The van der Waals surface area contributed by atoms with Crippen molar-refractivity contribution in [2.75, 3.05) is 6.54 Å². The minimum Gasteiger partial charge on any atom is -0.332 e. The Hall–Kier alpha value is -1.47. The Morgan fingerprint density at radius 1 is 1.52 bits per heavy atom. The standard InChI is InChI=1S/C14H18BrN3O3/c1-9-3-2-4-11(8-16)17(9)14(19)12-7-10(18(20)21)5-6-13(12)15/h5-7,9,11H,2-4,8,16H2,1H3. The molecule has 2 rings (SSSR count). The van der Waals surface area contributed by atoms with Crippen LogP contribution in [-0.2, 0) is 0 Å². The molecule has 7 heteroatoms. The van der Waals surface area contributed by atoms with Gasteiger partial charge in [-0.1, -0.05) is 0 Å². The second-order valence-electron chi connectivity index (χ2n) is 5.30. The van der Waals surface area contributed by atoms with Crippen molar-refractivity contribution in [2.24, 2.45) is 5.73 Å². The number of nitro benzene ring substituents is 1. The Balaban J connectivity index is 2.38. The van der Waals surface area contributed by atoms with Gasteiger partial charge in [-0.3, -0.25) is 14.9 Å². The van der Waals surface area contributed by atoms with E-state index in [0.29, 0.717) is 16.6 Å². The van der Waals surface area contributed by atoms with Crippen LogP contribution in [-0.4, -0.2) is 34.4 Å². The predicted octanol–water partition coefficient (Wildman–Crippen LogP) is 2.70. The van der Waals surface area contributed by atoms with Crippen LogP contribution in [0.1, 0.15) is 36.5 Å². The van der Waals surface area contributed by atoms with Gasteiger partial charge in [0.15, 0.2) is 0 Å². The van der Waals surface area contributed by atoms with E-state index in [1.165, 1.54) is 18.2 Å². The fourth-order valence-electron chi connectivity index (χ4n) is 2.81. The van der Waals surface area contributed by atoms with Crippen LogP contribution in [0.4, 0.5) is 5.69 Å². The van der Waals surface area contributed by atoms with Gasteiger partial charge in [-0.15, -0.1) is 0 Å². The average molecular weight is 356 g/mol. The van der Waals surface area contributed by atoms with Crippen molar-refractivity contribution in [1.29, 1.82) is 0 Å². The van der Waals surface area contributed by atoms with Crippen LogP contribution in [0.2, 0.25) is 0 Å². The van der Waals surface area contributed by atoms with E-state index in [-0.39, 0.29) is 23.7 Å². The summed E-state index contributed by atoms with van der Waals surface area (Å²) in [7, 11) is 0. The number of amides is 1. The zero-order valence-electron chi connectivity index (χ0n) is 11.8. The molecule has 1 fully saturated rings. The molecule has 0 radical (unpaired) electrons. The number of carbonyl (C=O) groups excluding carboxylic acids is 1. The van der Waals surface area contributed by atoms with E-state index in [2.05, 4.69) is 15.9 Å². The Labute approximate surface area is 131 Å². The van der Waals surface area contributed by atoms with Crippen LogP contribution >= 0.6 is 15.9 Å². The van der Waals surface area contributed by atoms with Crippen molar-refractivity contribution in [3.8, 4) is 0 Å². The normalized spacial score (nSPS) is 22.1. The van der Waals surface area contributed by atoms with Gasteiger partial charge in [-0.05, 0) is 48.2 Å². The van der Waals surface area contributed by atoms with Crippen molar-refractivity contribution < 1.29 is 9.72 Å². The summed E-state index contributed by atoms with van der Waals surface area (Å²) in [6.07, 6.45) is 2.84. The summed E-state index contributed by atoms with van der Waals surface area (Å²) >= 11 is 3.31. The summed E-state index contributed by atoms with van der Waals surface area (Å²) in [5, 5.41) is 10.9. The first-order chi connectivity index (χ1) is 9.95. The number of non-ortho nitro benzene ring substituents is 1. The molecule has 1 aromatic rings. The summed E-state index contributed by atoms with van der Waals surface area (Å²) in [5.74, 6) is -0.201. The number of hydrogen-bond acceptors (Lipinski definition) is 4. The van der Waals surface area contributed by atoms with E-state index in [1.807, 2.05) is 6.92 Å². The van der Waals surface area contributed by atoms with Gasteiger partial charge in [0.1, 0.15) is 0 Å². The molecule has 1 aliphatic rings. The quantitative estimate of drug-likeness (QED) is 0.666. The van der Waals surface area contributed by atoms with E-state index >= 15 is 0 Å². The number of likely N-dealkylation sites (tertiary alicyclic amines) is 1. The first kappa shape index (κ1) is 15.9. The van der Waals surface area contributed by atoms with Crippen molar-refractivity contribution in [1.82, 2.24) is 4.90 Å². The summed E-state index contributed by atoms with van der Waals surface area (Å²) in [5.41, 5.74) is 6.00. The van der Waals surface area contributed by atoms with Crippen molar-refractivity contribution in [3.63, 3.8) is 0 Å². The number of hydrogen-bond donors (Lipinski definition) is 1. The highest BCUT2D eigenvalue weighted by Crippen LogP contribution is 2.29. The molecule has 1 heterocycles. The summed E-state index contributed by atoms with van der Waals surface area (Å²) in [6.45, 7) is 2.40. The summed E-state index contributed by atoms with van der Waals surface area (Å²) in [4.78, 5) is 25.0. The SMILES string of the molecule is CC1CCCC(CN)N1C(=O)c1cc([N+](=O)[O-])ccc1Br. The van der Waals surface area contributed by atoms with Crippen LogP contribution < -0.4 is 5.73 Å². The van der Waals surface area contributed by atoms with E-state index < -0.39 is 4.92 Å². The van der Waals surface area contributed by atoms with E-state index in [0.717, 1.165) is 19.3 Å². The van der Waals surface area contributed by atoms with Crippen LogP contribution in [0, 0.1) is 10.1 Å². The van der Waals surface area contributed by atoms with E-state index in [9.17, 15) is 14.9 Å². The Kier molecular flexibility index (Phi) is 4.95. The van der Waals surface area contributed by atoms with Crippen LogP contribution in [0.5, 0.6) is 0 Å². The number of nitrogens with two attached hydrogens (primary N) is 1. The van der Waals surface area contributed by atoms with Gasteiger partial charge < -0.3 is 10.6 Å². The van der Waals surface area contributed by atoms with Gasteiger partial charge in [0.2, 0.25) is 0 Å². The lowest BCUT2D eigenvalue weighted by Crippen LogP contribution is -2.51. The number of benzene rings is 1. The van der Waals surface area contributed by atoms with Crippen molar-refractivity contribution in [2.45, 2.75) is 38.3 Å². The van der Waals surface area contributed by atoms with E-state index in [4.69, 9.17) is 5.73 Å². The number of rotatable bonds is 3. The molecule has 0 bridgehead atoms. The molecule has 2 unspecified atom stereocenters. The van der Waals surface area contributed by atoms with Gasteiger partial charge in [-0.2, -0.15) is 0 Å². The maximum atomic E-state index is 12.8. The highest BCUT2D eigenvalue weighted by Gasteiger charge is 2.32. The van der Waals surface area contributed by atoms with Crippen molar-refractivity contribution >= 4 is 27.5 Å². The average Bonchev–Trinajstić information content (AvgIpc) is 2.46. The zero-order valence-corrected chi connectivity index (χ0v) is 13.4. The number of halogens is 1. The monoisotopic (exact) mass is 355 g/mol. The molecule has 1 amide bonds. The van der Waals surface area contributed by atoms with Gasteiger partial charge in [0, 0.05) is 35.2 Å². The molecule has 1 aromatic carbocycles. The summed E-state index contributed by atoms with van der Waals surface area (Å²) < 4.78 is 0.562. The fraction of sp³-hybridized carbons (Fsp3) is 0.500. The molecule has 1 saturated heterocycles. The van der Waals surface area contributed by atoms with Crippen molar-refractivity contribution in [3.05, 3.63) is 38.3 Å². The second kappa shape index (κ2) is 6.53. The van der Waals surface area contributed by atoms with Gasteiger partial charge in [0.05, 0.1) is 10.5 Å². The summed E-state index contributed by atoms with van der Waals surface area (Å²) in [6, 6.07) is 4.32. The molecular weight excluding hydrogens is 338 g/mol. The zero-order chi connectivity index (χ0) is 15.6. The molecule has 0 aliphatic carbocycles. The third-order valence-corrected chi connectivity index (χ3v) is 4.62. The fourth-order valence-corrected chi connectivity index (χ4v) is 3.23. The van der Waals surface area contributed by atoms with Gasteiger partial charge in [0.25, 0.3) is 11.6 Å². The number of nitrogens with zero attached hydrogens (tertiary/aromatic N) is 2. The lowest BCUT2D eigenvalue weighted by molar-refractivity contribution is -0.384. The van der Waals surface area contributed by atoms with Crippen LogP contribution in [0.15, 0.2) is 22.7 Å².